The van der Waals surface area contributed by atoms with Crippen LogP contribution in [0, 0.1) is 0 Å². The number of pyridine rings is 1. The topological polar surface area (TPSA) is 82.0 Å². The smallest absolute Gasteiger partial charge is 0.340 e. The molecule has 0 N–H and O–H groups in total. The molecule has 0 fully saturated rings. The van der Waals surface area contributed by atoms with Crippen molar-refractivity contribution in [3.63, 3.8) is 0 Å². The first-order valence-electron chi connectivity index (χ1n) is 6.56. The molecular formula is C16H11N3O3. The molecule has 2 heterocycles. The number of nitrogens with zero attached hydrogens (tertiary/aromatic N) is 3. The van der Waals surface area contributed by atoms with E-state index in [4.69, 9.17) is 4.74 Å². The molecule has 6 nitrogen and oxygen atoms in total. The predicted octanol–water partition coefficient (Wildman–Crippen LogP) is 2.06. The van der Waals surface area contributed by atoms with E-state index in [-0.39, 0.29) is 18.0 Å². The first-order chi connectivity index (χ1) is 10.8. The SMILES string of the molecule is O=C(COC(=O)c1cccc2nccnc12)c1cccnc1. The van der Waals surface area contributed by atoms with Crippen LogP contribution in [-0.4, -0.2) is 33.3 Å². The molecule has 0 unspecified atom stereocenters. The fourth-order valence-corrected chi connectivity index (χ4v) is 1.98. The second-order valence-corrected chi connectivity index (χ2v) is 4.47. The molecular weight excluding hydrogens is 282 g/mol. The van der Waals surface area contributed by atoms with Crippen LogP contribution in [0.25, 0.3) is 11.0 Å². The minimum atomic E-state index is -0.608. The van der Waals surface area contributed by atoms with Gasteiger partial charge < -0.3 is 4.74 Å². The van der Waals surface area contributed by atoms with E-state index < -0.39 is 5.97 Å². The molecule has 1 aromatic carbocycles. The van der Waals surface area contributed by atoms with Crippen molar-refractivity contribution in [1.29, 1.82) is 0 Å². The third-order valence-corrected chi connectivity index (χ3v) is 3.04. The number of carbonyl (C=O) groups excluding carboxylic acids is 2. The largest absolute Gasteiger partial charge is 0.454 e. The van der Waals surface area contributed by atoms with Gasteiger partial charge in [0, 0.05) is 30.4 Å². The van der Waals surface area contributed by atoms with E-state index in [1.807, 2.05) is 0 Å². The van der Waals surface area contributed by atoms with E-state index in [0.29, 0.717) is 16.6 Å². The monoisotopic (exact) mass is 293 g/mol. The van der Waals surface area contributed by atoms with Gasteiger partial charge in [0.15, 0.2) is 6.61 Å². The van der Waals surface area contributed by atoms with Gasteiger partial charge in [-0.2, -0.15) is 0 Å². The van der Waals surface area contributed by atoms with Crippen molar-refractivity contribution in [2.75, 3.05) is 6.61 Å². The molecule has 2 aromatic heterocycles. The highest BCUT2D eigenvalue weighted by atomic mass is 16.5. The van der Waals surface area contributed by atoms with Crippen molar-refractivity contribution in [3.05, 3.63) is 66.2 Å². The number of esters is 1. The Bertz CT molecular complexity index is 829. The second-order valence-electron chi connectivity index (χ2n) is 4.47. The van der Waals surface area contributed by atoms with Gasteiger partial charge in [0.1, 0.15) is 5.52 Å². The molecule has 22 heavy (non-hydrogen) atoms. The lowest BCUT2D eigenvalue weighted by atomic mass is 10.1. The van der Waals surface area contributed by atoms with Gasteiger partial charge in [0.2, 0.25) is 5.78 Å². The van der Waals surface area contributed by atoms with Crippen molar-refractivity contribution in [2.45, 2.75) is 0 Å². The molecule has 0 radical (unpaired) electrons. The lowest BCUT2D eigenvalue weighted by molar-refractivity contribution is 0.0476. The zero-order valence-electron chi connectivity index (χ0n) is 11.5. The number of rotatable bonds is 4. The van der Waals surface area contributed by atoms with Crippen LogP contribution in [0.15, 0.2) is 55.1 Å². The zero-order chi connectivity index (χ0) is 15.4. The molecule has 0 saturated carbocycles. The molecule has 0 saturated heterocycles. The van der Waals surface area contributed by atoms with Gasteiger partial charge in [-0.3, -0.25) is 19.7 Å². The number of hydrogen-bond acceptors (Lipinski definition) is 6. The highest BCUT2D eigenvalue weighted by Crippen LogP contribution is 2.15. The van der Waals surface area contributed by atoms with Gasteiger partial charge in [-0.15, -0.1) is 0 Å². The lowest BCUT2D eigenvalue weighted by Crippen LogP contribution is -2.15. The summed E-state index contributed by atoms with van der Waals surface area (Å²) < 4.78 is 5.07. The summed E-state index contributed by atoms with van der Waals surface area (Å²) in [5, 5.41) is 0. The van der Waals surface area contributed by atoms with Gasteiger partial charge >= 0.3 is 5.97 Å². The first kappa shape index (κ1) is 13.8. The molecule has 3 aromatic rings. The van der Waals surface area contributed by atoms with E-state index in [0.717, 1.165) is 0 Å². The first-order valence-corrected chi connectivity index (χ1v) is 6.56. The number of ether oxygens (including phenoxy) is 1. The average Bonchev–Trinajstić information content (AvgIpc) is 2.59. The van der Waals surface area contributed by atoms with Crippen LogP contribution in [0.3, 0.4) is 0 Å². The van der Waals surface area contributed by atoms with Crippen LogP contribution < -0.4 is 0 Å². The summed E-state index contributed by atoms with van der Waals surface area (Å²) in [6.07, 6.45) is 6.04. The number of aromatic nitrogens is 3. The Hall–Kier alpha value is -3.15. The van der Waals surface area contributed by atoms with E-state index in [2.05, 4.69) is 15.0 Å². The molecule has 0 bridgehead atoms. The third-order valence-electron chi connectivity index (χ3n) is 3.04. The normalized spacial score (nSPS) is 10.4. The van der Waals surface area contributed by atoms with Crippen LogP contribution in [0.4, 0.5) is 0 Å². The van der Waals surface area contributed by atoms with Gasteiger partial charge in [-0.1, -0.05) is 6.07 Å². The summed E-state index contributed by atoms with van der Waals surface area (Å²) in [4.78, 5) is 36.1. The van der Waals surface area contributed by atoms with Gasteiger partial charge in [0.25, 0.3) is 0 Å². The fourth-order valence-electron chi connectivity index (χ4n) is 1.98. The maximum atomic E-state index is 12.1. The molecule has 0 spiro atoms. The third kappa shape index (κ3) is 2.80. The Morgan fingerprint density at radius 1 is 1.00 bits per heavy atom. The van der Waals surface area contributed by atoms with Crippen LogP contribution in [-0.2, 0) is 4.74 Å². The summed E-state index contributed by atoms with van der Waals surface area (Å²) >= 11 is 0. The summed E-state index contributed by atoms with van der Waals surface area (Å²) in [5.74, 6) is -0.920. The Morgan fingerprint density at radius 3 is 2.68 bits per heavy atom. The molecule has 0 aliphatic rings. The minimum absolute atomic E-state index is 0.282. The van der Waals surface area contributed by atoms with Gasteiger partial charge in [0.05, 0.1) is 11.1 Å². The Kier molecular flexibility index (Phi) is 3.82. The molecule has 108 valence electrons. The van der Waals surface area contributed by atoms with E-state index >= 15 is 0 Å². The predicted molar refractivity (Wildman–Crippen MR) is 78.4 cm³/mol. The summed E-state index contributed by atoms with van der Waals surface area (Å²) in [6, 6.07) is 8.30. The van der Waals surface area contributed by atoms with Gasteiger partial charge in [-0.25, -0.2) is 4.79 Å². The second kappa shape index (κ2) is 6.09. The van der Waals surface area contributed by atoms with E-state index in [9.17, 15) is 9.59 Å². The van der Waals surface area contributed by atoms with Crippen molar-refractivity contribution in [1.82, 2.24) is 15.0 Å². The van der Waals surface area contributed by atoms with E-state index in [1.165, 1.54) is 12.4 Å². The summed E-state index contributed by atoms with van der Waals surface area (Å²) in [6.45, 7) is -0.346. The number of para-hydroxylation sites is 1. The number of carbonyl (C=O) groups is 2. The number of Topliss-reactive ketones (excluding diaryl/α,β-unsaturated/α-hetero) is 1. The highest BCUT2D eigenvalue weighted by Gasteiger charge is 2.15. The number of ketones is 1. The molecule has 0 aliphatic heterocycles. The molecule has 6 heteroatoms. The van der Waals surface area contributed by atoms with Crippen LogP contribution >= 0.6 is 0 Å². The molecule has 0 amide bonds. The maximum Gasteiger partial charge on any atom is 0.340 e. The quantitative estimate of drug-likeness (QED) is 0.541. The van der Waals surface area contributed by atoms with Crippen LogP contribution in [0.1, 0.15) is 20.7 Å². The van der Waals surface area contributed by atoms with Crippen molar-refractivity contribution in [2.24, 2.45) is 0 Å². The van der Waals surface area contributed by atoms with Crippen molar-refractivity contribution < 1.29 is 14.3 Å². The summed E-state index contributed by atoms with van der Waals surface area (Å²) in [5.41, 5.74) is 1.72. The zero-order valence-corrected chi connectivity index (χ0v) is 11.5. The number of hydrogen-bond donors (Lipinski definition) is 0. The molecule has 0 atom stereocenters. The Labute approximate surface area is 125 Å². The molecule has 3 rings (SSSR count). The maximum absolute atomic E-state index is 12.1. The Morgan fingerprint density at radius 2 is 1.86 bits per heavy atom. The number of benzene rings is 1. The fraction of sp³-hybridized carbons (Fsp3) is 0.0625. The van der Waals surface area contributed by atoms with Crippen molar-refractivity contribution >= 4 is 22.8 Å². The van der Waals surface area contributed by atoms with Crippen LogP contribution in [0.5, 0.6) is 0 Å². The van der Waals surface area contributed by atoms with Crippen LogP contribution in [0.2, 0.25) is 0 Å². The lowest BCUT2D eigenvalue weighted by Gasteiger charge is -2.06. The Balaban J connectivity index is 1.76. The number of fused-ring (bicyclic) bond motifs is 1. The van der Waals surface area contributed by atoms with Gasteiger partial charge in [-0.05, 0) is 24.3 Å². The standard InChI is InChI=1S/C16H11N3O3/c20-14(11-3-2-6-17-9-11)10-22-16(21)12-4-1-5-13-15(12)19-8-7-18-13/h1-9H,10H2. The van der Waals surface area contributed by atoms with Crippen molar-refractivity contribution in [3.8, 4) is 0 Å². The minimum Gasteiger partial charge on any atom is -0.454 e. The molecule has 0 aliphatic carbocycles. The highest BCUT2D eigenvalue weighted by molar-refractivity contribution is 6.03. The van der Waals surface area contributed by atoms with E-state index in [1.54, 1.807) is 42.7 Å². The summed E-state index contributed by atoms with van der Waals surface area (Å²) in [7, 11) is 0. The average molecular weight is 293 g/mol.